The Morgan fingerprint density at radius 1 is 1.33 bits per heavy atom. The van der Waals surface area contributed by atoms with E-state index in [-0.39, 0.29) is 41.1 Å². The number of likely N-dealkylation sites (tertiary alicyclic amines) is 1. The van der Waals surface area contributed by atoms with Crippen molar-refractivity contribution in [2.75, 3.05) is 6.54 Å². The number of aryl methyl sites for hydroxylation is 1. The van der Waals surface area contributed by atoms with Crippen LogP contribution in [-0.2, 0) is 13.0 Å². The number of ether oxygens (including phenoxy) is 1. The number of nitrogens with one attached hydrogen (secondary N) is 2. The number of carbonyl (C=O) groups excluding carboxylic acids is 1. The van der Waals surface area contributed by atoms with E-state index in [1.54, 1.807) is 0 Å². The molecule has 1 saturated heterocycles. The molecule has 172 valence electrons. The summed E-state index contributed by atoms with van der Waals surface area (Å²) in [4.78, 5) is 37.5. The van der Waals surface area contributed by atoms with E-state index in [9.17, 15) is 14.0 Å². The standard InChI is InChI=1S/C24H26FN5O3/c1-3-15-9-18-19(29-23(15)31)8-14(10-26-18)11-30-12-21(13(30)2)33-20-7-6-17(28-22(20)25)24(32)27-16-4-5-16/h6-10,13,16,21H,3-5,11-12H2,1-2H3,(H,27,32)(H,29,31)/t13-,21+/m1/s1. The molecule has 0 radical (unpaired) electrons. The second-order valence-corrected chi connectivity index (χ2v) is 8.81. The zero-order valence-corrected chi connectivity index (χ0v) is 18.6. The Bertz CT molecular complexity index is 1270. The smallest absolute Gasteiger partial charge is 0.270 e. The average molecular weight is 452 g/mol. The predicted octanol–water partition coefficient (Wildman–Crippen LogP) is 2.56. The number of H-pyrrole nitrogens is 1. The van der Waals surface area contributed by atoms with Gasteiger partial charge < -0.3 is 15.0 Å². The van der Waals surface area contributed by atoms with Gasteiger partial charge in [-0.05, 0) is 56.0 Å². The highest BCUT2D eigenvalue weighted by Gasteiger charge is 2.38. The number of hydrogen-bond acceptors (Lipinski definition) is 6. The highest BCUT2D eigenvalue weighted by molar-refractivity contribution is 5.92. The van der Waals surface area contributed by atoms with Gasteiger partial charge in [0.2, 0.25) is 0 Å². The molecule has 1 amide bonds. The fourth-order valence-electron chi connectivity index (χ4n) is 4.03. The van der Waals surface area contributed by atoms with Gasteiger partial charge in [0, 0.05) is 36.9 Å². The Hall–Kier alpha value is -3.33. The van der Waals surface area contributed by atoms with Crippen LogP contribution in [0.5, 0.6) is 5.75 Å². The van der Waals surface area contributed by atoms with Crippen LogP contribution in [-0.4, -0.2) is 50.5 Å². The van der Waals surface area contributed by atoms with Crippen LogP contribution in [0.25, 0.3) is 11.0 Å². The lowest BCUT2D eigenvalue weighted by Crippen LogP contribution is -2.60. The molecule has 2 fully saturated rings. The minimum atomic E-state index is -0.779. The van der Waals surface area contributed by atoms with E-state index in [4.69, 9.17) is 4.74 Å². The number of fused-ring (bicyclic) bond motifs is 1. The van der Waals surface area contributed by atoms with Crippen LogP contribution in [0.2, 0.25) is 0 Å². The van der Waals surface area contributed by atoms with Gasteiger partial charge in [0.05, 0.1) is 11.0 Å². The number of carbonyl (C=O) groups is 1. The molecule has 2 N–H and O–H groups in total. The van der Waals surface area contributed by atoms with Gasteiger partial charge in [0.15, 0.2) is 5.75 Å². The molecule has 4 heterocycles. The van der Waals surface area contributed by atoms with Crippen molar-refractivity contribution in [3.63, 3.8) is 0 Å². The number of halogens is 1. The second-order valence-electron chi connectivity index (χ2n) is 8.81. The molecular weight excluding hydrogens is 425 g/mol. The SMILES string of the molecule is CCc1cc2ncc(CN3C[C@H](Oc4ccc(C(=O)NC5CC5)nc4F)[C@H]3C)cc2[nH]c1=O. The van der Waals surface area contributed by atoms with Crippen LogP contribution in [0.4, 0.5) is 4.39 Å². The second kappa shape index (κ2) is 8.55. The first kappa shape index (κ1) is 21.5. The molecule has 0 spiro atoms. The van der Waals surface area contributed by atoms with Gasteiger partial charge in [-0.25, -0.2) is 4.98 Å². The molecule has 1 aliphatic heterocycles. The van der Waals surface area contributed by atoms with E-state index in [0.717, 1.165) is 35.0 Å². The fourth-order valence-corrected chi connectivity index (χ4v) is 4.03. The molecule has 3 aromatic rings. The summed E-state index contributed by atoms with van der Waals surface area (Å²) in [6.45, 7) is 5.22. The van der Waals surface area contributed by atoms with Gasteiger partial charge in [-0.1, -0.05) is 6.92 Å². The molecule has 0 aromatic carbocycles. The van der Waals surface area contributed by atoms with Crippen molar-refractivity contribution in [3.05, 3.63) is 63.6 Å². The quantitative estimate of drug-likeness (QED) is 0.536. The minimum absolute atomic E-state index is 0.0474. The summed E-state index contributed by atoms with van der Waals surface area (Å²) >= 11 is 0. The summed E-state index contributed by atoms with van der Waals surface area (Å²) in [6, 6.07) is 6.97. The lowest BCUT2D eigenvalue weighted by molar-refractivity contribution is -0.0433. The summed E-state index contributed by atoms with van der Waals surface area (Å²) in [5.41, 5.74) is 3.16. The molecule has 33 heavy (non-hydrogen) atoms. The molecule has 2 atom stereocenters. The number of pyridine rings is 3. The summed E-state index contributed by atoms with van der Waals surface area (Å²) in [7, 11) is 0. The minimum Gasteiger partial charge on any atom is -0.483 e. The van der Waals surface area contributed by atoms with Crippen molar-refractivity contribution in [1.29, 1.82) is 0 Å². The molecule has 5 rings (SSSR count). The summed E-state index contributed by atoms with van der Waals surface area (Å²) in [6.07, 6.45) is 4.20. The monoisotopic (exact) mass is 451 g/mol. The van der Waals surface area contributed by atoms with Crippen molar-refractivity contribution in [1.82, 2.24) is 25.2 Å². The number of rotatable bonds is 7. The molecule has 8 nitrogen and oxygen atoms in total. The number of aromatic nitrogens is 3. The summed E-state index contributed by atoms with van der Waals surface area (Å²) in [5.74, 6) is -1.09. The van der Waals surface area contributed by atoms with Crippen LogP contribution in [0.15, 0.2) is 35.3 Å². The predicted molar refractivity (Wildman–Crippen MR) is 121 cm³/mol. The first-order valence-corrected chi connectivity index (χ1v) is 11.3. The number of hydrogen-bond donors (Lipinski definition) is 2. The van der Waals surface area contributed by atoms with Gasteiger partial charge in [-0.2, -0.15) is 4.39 Å². The van der Waals surface area contributed by atoms with Crippen LogP contribution in [0, 0.1) is 5.95 Å². The van der Waals surface area contributed by atoms with Crippen molar-refractivity contribution in [2.45, 2.75) is 57.8 Å². The molecule has 0 unspecified atom stereocenters. The van der Waals surface area contributed by atoms with E-state index in [0.29, 0.717) is 19.5 Å². The maximum atomic E-state index is 14.4. The largest absolute Gasteiger partial charge is 0.483 e. The molecule has 9 heteroatoms. The van der Waals surface area contributed by atoms with Gasteiger partial charge >= 0.3 is 0 Å². The first-order chi connectivity index (χ1) is 15.9. The Kier molecular flexibility index (Phi) is 5.57. The molecule has 1 saturated carbocycles. The van der Waals surface area contributed by atoms with Crippen molar-refractivity contribution in [2.24, 2.45) is 0 Å². The van der Waals surface area contributed by atoms with E-state index in [1.165, 1.54) is 12.1 Å². The lowest BCUT2D eigenvalue weighted by Gasteiger charge is -2.45. The van der Waals surface area contributed by atoms with E-state index in [2.05, 4.69) is 25.2 Å². The highest BCUT2D eigenvalue weighted by Crippen LogP contribution is 2.27. The van der Waals surface area contributed by atoms with Crippen LogP contribution in [0.1, 0.15) is 48.3 Å². The zero-order chi connectivity index (χ0) is 23.1. The third kappa shape index (κ3) is 4.45. The van der Waals surface area contributed by atoms with Crippen LogP contribution in [0.3, 0.4) is 0 Å². The van der Waals surface area contributed by atoms with Gasteiger partial charge in [-0.15, -0.1) is 0 Å². The topological polar surface area (TPSA) is 100 Å². The average Bonchev–Trinajstić information content (AvgIpc) is 3.62. The van der Waals surface area contributed by atoms with Crippen LogP contribution >= 0.6 is 0 Å². The number of amides is 1. The van der Waals surface area contributed by atoms with E-state index >= 15 is 0 Å². The summed E-state index contributed by atoms with van der Waals surface area (Å²) in [5, 5.41) is 2.80. The molecule has 3 aromatic heterocycles. The molecule has 2 aliphatic rings. The highest BCUT2D eigenvalue weighted by atomic mass is 19.1. The number of nitrogens with zero attached hydrogens (tertiary/aromatic N) is 3. The zero-order valence-electron chi connectivity index (χ0n) is 18.6. The Morgan fingerprint density at radius 2 is 2.15 bits per heavy atom. The third-order valence-electron chi connectivity index (χ3n) is 6.36. The Balaban J connectivity index is 1.20. The Morgan fingerprint density at radius 3 is 2.85 bits per heavy atom. The normalized spacial score (nSPS) is 20.5. The maximum absolute atomic E-state index is 14.4. The van der Waals surface area contributed by atoms with E-state index in [1.807, 2.05) is 32.2 Å². The molecule has 1 aliphatic carbocycles. The first-order valence-electron chi connectivity index (χ1n) is 11.3. The van der Waals surface area contributed by atoms with Crippen molar-refractivity contribution >= 4 is 16.9 Å². The van der Waals surface area contributed by atoms with E-state index < -0.39 is 5.95 Å². The molecule has 0 bridgehead atoms. The van der Waals surface area contributed by atoms with Crippen molar-refractivity contribution in [3.8, 4) is 5.75 Å². The van der Waals surface area contributed by atoms with Gasteiger partial charge in [-0.3, -0.25) is 19.5 Å². The van der Waals surface area contributed by atoms with Gasteiger partial charge in [0.25, 0.3) is 17.4 Å². The van der Waals surface area contributed by atoms with Gasteiger partial charge in [0.1, 0.15) is 11.8 Å². The molecular formula is C24H26FN5O3. The maximum Gasteiger partial charge on any atom is 0.270 e. The van der Waals surface area contributed by atoms with Crippen molar-refractivity contribution < 1.29 is 13.9 Å². The fraction of sp³-hybridized carbons (Fsp3) is 0.417. The Labute approximate surface area is 190 Å². The van der Waals surface area contributed by atoms with Crippen LogP contribution < -0.4 is 15.6 Å². The summed E-state index contributed by atoms with van der Waals surface area (Å²) < 4.78 is 20.3. The number of aromatic amines is 1. The lowest BCUT2D eigenvalue weighted by atomic mass is 10.00. The third-order valence-corrected chi connectivity index (χ3v) is 6.36.